The number of benzene rings is 3. The van der Waals surface area contributed by atoms with Crippen LogP contribution in [0.5, 0.6) is 0 Å². The number of hydrogen-bond acceptors (Lipinski definition) is 5. The summed E-state index contributed by atoms with van der Waals surface area (Å²) in [5, 5.41) is 14.3. The van der Waals surface area contributed by atoms with Crippen molar-refractivity contribution in [3.05, 3.63) is 99.1 Å². The van der Waals surface area contributed by atoms with Gasteiger partial charge in [0.1, 0.15) is 0 Å². The van der Waals surface area contributed by atoms with Gasteiger partial charge in [0.05, 0.1) is 26.1 Å². The van der Waals surface area contributed by atoms with E-state index in [0.29, 0.717) is 5.13 Å². The van der Waals surface area contributed by atoms with Gasteiger partial charge in [-0.15, -0.1) is 0 Å². The third-order valence-electron chi connectivity index (χ3n) is 4.61. The Hall–Kier alpha value is -3.55. The number of amides is 1. The molecule has 0 spiro atoms. The number of carbonyl (C=O) groups is 1. The number of nitrogens with one attached hydrogen (secondary N) is 1. The van der Waals surface area contributed by atoms with E-state index in [2.05, 4.69) is 10.3 Å². The number of aryl methyl sites for hydroxylation is 1. The fourth-order valence-electron chi connectivity index (χ4n) is 3.03. The normalized spacial score (nSPS) is 10.6. The summed E-state index contributed by atoms with van der Waals surface area (Å²) in [4.78, 5) is 28.8. The van der Waals surface area contributed by atoms with Gasteiger partial charge in [0.25, 0.3) is 11.6 Å². The van der Waals surface area contributed by atoms with E-state index in [-0.39, 0.29) is 16.3 Å². The van der Waals surface area contributed by atoms with Crippen LogP contribution < -0.4 is 5.32 Å². The van der Waals surface area contributed by atoms with E-state index in [4.69, 9.17) is 11.6 Å². The first-order chi connectivity index (χ1) is 14.9. The Bertz CT molecular complexity index is 1270. The molecule has 0 aliphatic heterocycles. The van der Waals surface area contributed by atoms with E-state index in [1.807, 2.05) is 61.5 Å². The lowest BCUT2D eigenvalue weighted by molar-refractivity contribution is -0.384. The van der Waals surface area contributed by atoms with Crippen molar-refractivity contribution in [2.24, 2.45) is 0 Å². The molecule has 0 aliphatic rings. The largest absolute Gasteiger partial charge is 0.298 e. The molecule has 4 rings (SSSR count). The molecule has 1 aromatic heterocycles. The Morgan fingerprint density at radius 2 is 1.74 bits per heavy atom. The first-order valence-electron chi connectivity index (χ1n) is 9.31. The summed E-state index contributed by atoms with van der Waals surface area (Å²) in [6, 6.07) is 21.5. The molecule has 1 heterocycles. The average molecular weight is 450 g/mol. The molecule has 0 atom stereocenters. The molecule has 0 saturated heterocycles. The number of thiazole rings is 1. The molecule has 0 fully saturated rings. The number of hydrogen-bond donors (Lipinski definition) is 1. The number of nitrogens with zero attached hydrogens (tertiary/aromatic N) is 2. The highest BCUT2D eigenvalue weighted by atomic mass is 35.5. The number of aromatic nitrogens is 1. The van der Waals surface area contributed by atoms with Crippen LogP contribution in [0, 0.1) is 17.0 Å². The van der Waals surface area contributed by atoms with Gasteiger partial charge in [0.15, 0.2) is 5.13 Å². The second kappa shape index (κ2) is 8.67. The van der Waals surface area contributed by atoms with Crippen LogP contribution in [0.2, 0.25) is 5.02 Å². The van der Waals surface area contributed by atoms with Gasteiger partial charge in [-0.25, -0.2) is 4.98 Å². The number of anilines is 1. The first-order valence-corrected chi connectivity index (χ1v) is 10.5. The van der Waals surface area contributed by atoms with Crippen LogP contribution in [0.1, 0.15) is 15.9 Å². The van der Waals surface area contributed by atoms with Gasteiger partial charge in [0, 0.05) is 17.7 Å². The Kier molecular flexibility index (Phi) is 5.79. The fourth-order valence-corrected chi connectivity index (χ4v) is 4.22. The monoisotopic (exact) mass is 449 g/mol. The Morgan fingerprint density at radius 3 is 2.42 bits per heavy atom. The van der Waals surface area contributed by atoms with Crippen molar-refractivity contribution in [2.45, 2.75) is 6.92 Å². The van der Waals surface area contributed by atoms with Gasteiger partial charge in [-0.1, -0.05) is 83.1 Å². The van der Waals surface area contributed by atoms with Crippen molar-refractivity contribution < 1.29 is 9.72 Å². The minimum Gasteiger partial charge on any atom is -0.298 e. The number of non-ortho nitro benzene ring substituents is 1. The Balaban J connectivity index is 1.73. The van der Waals surface area contributed by atoms with E-state index in [0.717, 1.165) is 33.3 Å². The quantitative estimate of drug-likeness (QED) is 0.274. The zero-order valence-electron chi connectivity index (χ0n) is 16.3. The van der Waals surface area contributed by atoms with Crippen LogP contribution in [0.4, 0.5) is 10.8 Å². The Morgan fingerprint density at radius 1 is 1.03 bits per heavy atom. The third-order valence-corrected chi connectivity index (χ3v) is 5.96. The van der Waals surface area contributed by atoms with E-state index < -0.39 is 10.8 Å². The van der Waals surface area contributed by atoms with Crippen molar-refractivity contribution in [3.8, 4) is 21.7 Å². The molecule has 0 radical (unpaired) electrons. The highest BCUT2D eigenvalue weighted by molar-refractivity contribution is 7.19. The molecule has 6 nitrogen and oxygen atoms in total. The average Bonchev–Trinajstić information content (AvgIpc) is 3.18. The molecular weight excluding hydrogens is 434 g/mol. The topological polar surface area (TPSA) is 85.1 Å². The molecule has 0 unspecified atom stereocenters. The van der Waals surface area contributed by atoms with Crippen LogP contribution >= 0.6 is 22.9 Å². The minimum absolute atomic E-state index is 0.0178. The van der Waals surface area contributed by atoms with Gasteiger partial charge in [-0.3, -0.25) is 20.2 Å². The van der Waals surface area contributed by atoms with Crippen molar-refractivity contribution in [1.82, 2.24) is 4.98 Å². The number of nitro groups is 1. The lowest BCUT2D eigenvalue weighted by Gasteiger charge is -2.04. The molecule has 8 heteroatoms. The molecule has 154 valence electrons. The summed E-state index contributed by atoms with van der Waals surface area (Å²) in [5.74, 6) is -0.558. The summed E-state index contributed by atoms with van der Waals surface area (Å²) in [6.45, 7) is 2.01. The molecular formula is C23H16ClN3O3S. The first kappa shape index (κ1) is 20.7. The van der Waals surface area contributed by atoms with Crippen LogP contribution in [-0.4, -0.2) is 15.8 Å². The number of rotatable bonds is 5. The molecule has 0 saturated carbocycles. The van der Waals surface area contributed by atoms with E-state index in [9.17, 15) is 14.9 Å². The fraction of sp³-hybridized carbons (Fsp3) is 0.0435. The molecule has 31 heavy (non-hydrogen) atoms. The smallest absolute Gasteiger partial charge is 0.270 e. The van der Waals surface area contributed by atoms with Crippen molar-refractivity contribution >= 4 is 39.7 Å². The predicted octanol–water partition coefficient (Wildman–Crippen LogP) is 6.60. The van der Waals surface area contributed by atoms with E-state index in [1.54, 1.807) is 0 Å². The summed E-state index contributed by atoms with van der Waals surface area (Å²) in [5.41, 5.74) is 3.59. The lowest BCUT2D eigenvalue weighted by Crippen LogP contribution is -2.12. The number of halogens is 1. The Labute approximate surface area is 187 Å². The second-order valence-corrected chi connectivity index (χ2v) is 8.21. The molecule has 0 bridgehead atoms. The van der Waals surface area contributed by atoms with Gasteiger partial charge in [-0.05, 0) is 18.6 Å². The maximum Gasteiger partial charge on any atom is 0.270 e. The summed E-state index contributed by atoms with van der Waals surface area (Å²) >= 11 is 7.44. The molecule has 0 aliphatic carbocycles. The lowest BCUT2D eigenvalue weighted by atomic mass is 10.1. The summed E-state index contributed by atoms with van der Waals surface area (Å²) in [6.07, 6.45) is 0. The molecule has 1 amide bonds. The zero-order valence-corrected chi connectivity index (χ0v) is 17.9. The maximum absolute atomic E-state index is 12.8. The second-order valence-electron chi connectivity index (χ2n) is 6.80. The van der Waals surface area contributed by atoms with E-state index in [1.165, 1.54) is 23.5 Å². The molecule has 3 aromatic carbocycles. The van der Waals surface area contributed by atoms with Crippen LogP contribution in [-0.2, 0) is 0 Å². The van der Waals surface area contributed by atoms with Crippen molar-refractivity contribution in [1.29, 1.82) is 0 Å². The third kappa shape index (κ3) is 4.47. The highest BCUT2D eigenvalue weighted by Crippen LogP contribution is 2.39. The predicted molar refractivity (Wildman–Crippen MR) is 124 cm³/mol. The minimum atomic E-state index is -0.570. The van der Waals surface area contributed by atoms with Gasteiger partial charge >= 0.3 is 0 Å². The number of nitro benzene ring substituents is 1. The SMILES string of the molecule is Cc1ccc(-c2nc(NC(=O)c3cc([N+](=O)[O-])ccc3Cl)sc2-c2ccccc2)cc1. The van der Waals surface area contributed by atoms with E-state index >= 15 is 0 Å². The zero-order chi connectivity index (χ0) is 22.0. The summed E-state index contributed by atoms with van der Waals surface area (Å²) < 4.78 is 0. The maximum atomic E-state index is 12.8. The van der Waals surface area contributed by atoms with Crippen LogP contribution in [0.25, 0.3) is 21.7 Å². The van der Waals surface area contributed by atoms with Crippen molar-refractivity contribution in [2.75, 3.05) is 5.32 Å². The standard InChI is InChI=1S/C23H16ClN3O3S/c1-14-7-9-15(10-8-14)20-21(16-5-3-2-4-6-16)31-23(25-20)26-22(28)18-13-17(27(29)30)11-12-19(18)24/h2-13H,1H3,(H,25,26,28). The molecule has 4 aromatic rings. The van der Waals surface area contributed by atoms with Gasteiger partial charge in [-0.2, -0.15) is 0 Å². The number of carbonyl (C=O) groups excluding carboxylic acids is 1. The molecule has 1 N–H and O–H groups in total. The highest BCUT2D eigenvalue weighted by Gasteiger charge is 2.20. The van der Waals surface area contributed by atoms with Gasteiger partial charge < -0.3 is 0 Å². The van der Waals surface area contributed by atoms with Crippen molar-refractivity contribution in [3.63, 3.8) is 0 Å². The van der Waals surface area contributed by atoms with Gasteiger partial charge in [0.2, 0.25) is 0 Å². The van der Waals surface area contributed by atoms with Crippen LogP contribution in [0.15, 0.2) is 72.8 Å². The van der Waals surface area contributed by atoms with Crippen LogP contribution in [0.3, 0.4) is 0 Å². The summed E-state index contributed by atoms with van der Waals surface area (Å²) in [7, 11) is 0.